The summed E-state index contributed by atoms with van der Waals surface area (Å²) < 4.78 is 46.7. The number of alkyl halides is 1. The first-order valence-corrected chi connectivity index (χ1v) is 7.04. The Balaban J connectivity index is 1.76. The number of hydrogen-bond donors (Lipinski definition) is 0. The summed E-state index contributed by atoms with van der Waals surface area (Å²) in [6, 6.07) is 2.68. The first-order valence-electron chi connectivity index (χ1n) is 7.04. The van der Waals surface area contributed by atoms with Crippen LogP contribution < -0.4 is 0 Å². The molecule has 114 valence electrons. The third kappa shape index (κ3) is 2.77. The van der Waals surface area contributed by atoms with E-state index >= 15 is 0 Å². The van der Waals surface area contributed by atoms with Gasteiger partial charge in [-0.25, -0.2) is 13.2 Å². The average Bonchev–Trinajstić information content (AvgIpc) is 3.07. The fraction of sp³-hybridized carbons (Fsp3) is 0.533. The molecular formula is C15H16F3NO2. The largest absolute Gasteiger partial charge is 0.368 e. The molecular weight excluding hydrogens is 283 g/mol. The van der Waals surface area contributed by atoms with Gasteiger partial charge < -0.3 is 9.64 Å². The average molecular weight is 299 g/mol. The predicted octanol–water partition coefficient (Wildman–Crippen LogP) is 2.54. The quantitative estimate of drug-likeness (QED) is 0.840. The maximum absolute atomic E-state index is 14.9. The molecule has 2 fully saturated rings. The second-order valence-electron chi connectivity index (χ2n) is 5.63. The smallest absolute Gasteiger partial charge is 0.251 e. The molecule has 3 rings (SSSR count). The standard InChI is InChI=1S/C15H16F3NO2/c16-11-6-10(7-12(17)8-11)15(18)3-4-19(9-15)14(20)13-2-1-5-21-13/h6-8,13H,1-5,9H2/t13-,15+/m1/s1. The third-order valence-corrected chi connectivity index (χ3v) is 4.12. The summed E-state index contributed by atoms with van der Waals surface area (Å²) in [5.74, 6) is -1.86. The molecule has 2 saturated heterocycles. The van der Waals surface area contributed by atoms with Gasteiger partial charge in [-0.05, 0) is 30.5 Å². The van der Waals surface area contributed by atoms with E-state index in [4.69, 9.17) is 4.74 Å². The van der Waals surface area contributed by atoms with E-state index in [0.717, 1.165) is 18.6 Å². The SMILES string of the molecule is O=C([C@H]1CCCO1)N1CC[C@@](F)(c2cc(F)cc(F)c2)C1. The van der Waals surface area contributed by atoms with Crippen molar-refractivity contribution in [2.24, 2.45) is 0 Å². The molecule has 6 heteroatoms. The minimum absolute atomic E-state index is 0.0361. The molecule has 1 aromatic carbocycles. The van der Waals surface area contributed by atoms with Crippen LogP contribution in [0.2, 0.25) is 0 Å². The fourth-order valence-corrected chi connectivity index (χ4v) is 2.99. The van der Waals surface area contributed by atoms with Crippen LogP contribution >= 0.6 is 0 Å². The van der Waals surface area contributed by atoms with E-state index in [1.54, 1.807) is 0 Å². The first kappa shape index (κ1) is 14.4. The topological polar surface area (TPSA) is 29.5 Å². The normalized spacial score (nSPS) is 29.1. The maximum atomic E-state index is 14.9. The van der Waals surface area contributed by atoms with Gasteiger partial charge in [0, 0.05) is 25.6 Å². The second kappa shape index (κ2) is 5.33. The number of rotatable bonds is 2. The van der Waals surface area contributed by atoms with Crippen molar-refractivity contribution in [3.05, 3.63) is 35.4 Å². The highest BCUT2D eigenvalue weighted by atomic mass is 19.1. The van der Waals surface area contributed by atoms with Crippen molar-refractivity contribution in [3.8, 4) is 0 Å². The second-order valence-corrected chi connectivity index (χ2v) is 5.63. The summed E-state index contributed by atoms with van der Waals surface area (Å²) in [5.41, 5.74) is -1.96. The van der Waals surface area contributed by atoms with Gasteiger partial charge in [-0.3, -0.25) is 4.79 Å². The van der Waals surface area contributed by atoms with Crippen LogP contribution in [0, 0.1) is 11.6 Å². The van der Waals surface area contributed by atoms with E-state index in [-0.39, 0.29) is 31.0 Å². The third-order valence-electron chi connectivity index (χ3n) is 4.12. The molecule has 2 aliphatic heterocycles. The number of carbonyl (C=O) groups excluding carboxylic acids is 1. The van der Waals surface area contributed by atoms with Crippen LogP contribution in [-0.2, 0) is 15.2 Å². The van der Waals surface area contributed by atoms with Crippen molar-refractivity contribution >= 4 is 5.91 Å². The molecule has 0 aliphatic carbocycles. The van der Waals surface area contributed by atoms with E-state index in [0.29, 0.717) is 19.1 Å². The molecule has 0 aromatic heterocycles. The minimum atomic E-state index is -1.91. The molecule has 0 N–H and O–H groups in total. The van der Waals surface area contributed by atoms with Crippen LogP contribution in [0.4, 0.5) is 13.2 Å². The Hall–Kier alpha value is -1.56. The number of ether oxygens (including phenoxy) is 1. The van der Waals surface area contributed by atoms with Gasteiger partial charge in [-0.15, -0.1) is 0 Å². The molecule has 0 radical (unpaired) electrons. The van der Waals surface area contributed by atoms with Gasteiger partial charge in [-0.2, -0.15) is 0 Å². The Kier molecular flexibility index (Phi) is 3.65. The van der Waals surface area contributed by atoms with Crippen LogP contribution in [0.5, 0.6) is 0 Å². The number of benzene rings is 1. The summed E-state index contributed by atoms with van der Waals surface area (Å²) in [6.45, 7) is 0.585. The molecule has 1 amide bonds. The van der Waals surface area contributed by atoms with Crippen LogP contribution in [0.25, 0.3) is 0 Å². The molecule has 2 atom stereocenters. The lowest BCUT2D eigenvalue weighted by atomic mass is 9.95. The van der Waals surface area contributed by atoms with Crippen molar-refractivity contribution in [3.63, 3.8) is 0 Å². The number of hydrogen-bond acceptors (Lipinski definition) is 2. The summed E-state index contributed by atoms with van der Waals surface area (Å²) in [6.07, 6.45) is 0.995. The maximum Gasteiger partial charge on any atom is 0.251 e. The van der Waals surface area contributed by atoms with Crippen molar-refractivity contribution < 1.29 is 22.7 Å². The zero-order valence-electron chi connectivity index (χ0n) is 11.4. The predicted molar refractivity (Wildman–Crippen MR) is 69.3 cm³/mol. The van der Waals surface area contributed by atoms with E-state index in [1.807, 2.05) is 0 Å². The fourth-order valence-electron chi connectivity index (χ4n) is 2.99. The van der Waals surface area contributed by atoms with Gasteiger partial charge in [0.05, 0.1) is 6.54 Å². The lowest BCUT2D eigenvalue weighted by Crippen LogP contribution is -2.39. The van der Waals surface area contributed by atoms with E-state index in [1.165, 1.54) is 4.90 Å². The number of amides is 1. The highest BCUT2D eigenvalue weighted by molar-refractivity contribution is 5.81. The van der Waals surface area contributed by atoms with Crippen molar-refractivity contribution in [1.82, 2.24) is 4.90 Å². The van der Waals surface area contributed by atoms with Gasteiger partial charge in [0.15, 0.2) is 5.67 Å². The number of halogens is 3. The zero-order valence-corrected chi connectivity index (χ0v) is 11.4. The Morgan fingerprint density at radius 2 is 2.00 bits per heavy atom. The molecule has 0 bridgehead atoms. The number of likely N-dealkylation sites (tertiary alicyclic amines) is 1. The Morgan fingerprint density at radius 1 is 1.29 bits per heavy atom. The number of nitrogens with zero attached hydrogens (tertiary/aromatic N) is 1. The van der Waals surface area contributed by atoms with Gasteiger partial charge in [-0.1, -0.05) is 0 Å². The molecule has 2 heterocycles. The van der Waals surface area contributed by atoms with Crippen molar-refractivity contribution in [1.29, 1.82) is 0 Å². The molecule has 1 aromatic rings. The Labute approximate surface area is 120 Å². The Bertz CT molecular complexity index is 540. The van der Waals surface area contributed by atoms with Crippen LogP contribution in [0.1, 0.15) is 24.8 Å². The highest BCUT2D eigenvalue weighted by Crippen LogP contribution is 2.37. The van der Waals surface area contributed by atoms with Crippen molar-refractivity contribution in [2.45, 2.75) is 31.0 Å². The Morgan fingerprint density at radius 3 is 2.62 bits per heavy atom. The lowest BCUT2D eigenvalue weighted by Gasteiger charge is -2.23. The van der Waals surface area contributed by atoms with Crippen LogP contribution in [0.15, 0.2) is 18.2 Å². The summed E-state index contributed by atoms with van der Waals surface area (Å²) in [4.78, 5) is 13.6. The minimum Gasteiger partial charge on any atom is -0.368 e. The lowest BCUT2D eigenvalue weighted by molar-refractivity contribution is -0.140. The van der Waals surface area contributed by atoms with Gasteiger partial charge in [0.25, 0.3) is 5.91 Å². The van der Waals surface area contributed by atoms with Gasteiger partial charge >= 0.3 is 0 Å². The van der Waals surface area contributed by atoms with E-state index in [2.05, 4.69) is 0 Å². The van der Waals surface area contributed by atoms with Crippen LogP contribution in [-0.4, -0.2) is 36.6 Å². The van der Waals surface area contributed by atoms with E-state index < -0.39 is 23.4 Å². The van der Waals surface area contributed by atoms with Gasteiger partial charge in [0.2, 0.25) is 0 Å². The van der Waals surface area contributed by atoms with E-state index in [9.17, 15) is 18.0 Å². The molecule has 0 saturated carbocycles. The first-order chi connectivity index (χ1) is 9.98. The zero-order chi connectivity index (χ0) is 15.0. The molecule has 2 aliphatic rings. The summed E-state index contributed by atoms with van der Waals surface area (Å²) >= 11 is 0. The highest BCUT2D eigenvalue weighted by Gasteiger charge is 2.44. The molecule has 0 unspecified atom stereocenters. The molecule has 21 heavy (non-hydrogen) atoms. The van der Waals surface area contributed by atoms with Gasteiger partial charge in [0.1, 0.15) is 17.7 Å². The van der Waals surface area contributed by atoms with Crippen molar-refractivity contribution in [2.75, 3.05) is 19.7 Å². The summed E-state index contributed by atoms with van der Waals surface area (Å²) in [5, 5.41) is 0. The number of carbonyl (C=O) groups is 1. The molecule has 0 spiro atoms. The summed E-state index contributed by atoms with van der Waals surface area (Å²) in [7, 11) is 0. The molecule has 3 nitrogen and oxygen atoms in total. The monoisotopic (exact) mass is 299 g/mol. The van der Waals surface area contributed by atoms with Crippen LogP contribution in [0.3, 0.4) is 0 Å².